The lowest BCUT2D eigenvalue weighted by atomic mass is 10.1. The van der Waals surface area contributed by atoms with Crippen molar-refractivity contribution in [1.29, 1.82) is 0 Å². The van der Waals surface area contributed by atoms with Crippen LogP contribution in [0.1, 0.15) is 10.4 Å². The zero-order valence-electron chi connectivity index (χ0n) is 15.9. The van der Waals surface area contributed by atoms with Gasteiger partial charge in [-0.2, -0.15) is 0 Å². The third-order valence-electron chi connectivity index (χ3n) is 5.10. The molecule has 150 valence electrons. The van der Waals surface area contributed by atoms with E-state index in [1.807, 2.05) is 24.3 Å². The van der Waals surface area contributed by atoms with Crippen molar-refractivity contribution in [2.75, 3.05) is 37.3 Å². The van der Waals surface area contributed by atoms with E-state index in [4.69, 9.17) is 11.6 Å². The molecular formula is C21H20ClN3O3S. The third kappa shape index (κ3) is 4.06. The predicted molar refractivity (Wildman–Crippen MR) is 114 cm³/mol. The van der Waals surface area contributed by atoms with E-state index in [2.05, 4.69) is 9.88 Å². The Morgan fingerprint density at radius 3 is 2.52 bits per heavy atom. The highest BCUT2D eigenvalue weighted by Gasteiger charge is 2.24. The molecule has 6 nitrogen and oxygen atoms in total. The molecule has 3 aromatic rings. The molecule has 2 heterocycles. The second-order valence-electron chi connectivity index (χ2n) is 7.07. The Balaban J connectivity index is 1.52. The second kappa shape index (κ2) is 7.65. The molecule has 4 rings (SSSR count). The van der Waals surface area contributed by atoms with Gasteiger partial charge in [0.15, 0.2) is 9.84 Å². The monoisotopic (exact) mass is 429 g/mol. The molecule has 0 aliphatic carbocycles. The number of aromatic nitrogens is 1. The summed E-state index contributed by atoms with van der Waals surface area (Å²) in [5.41, 5.74) is 2.31. The van der Waals surface area contributed by atoms with Crippen LogP contribution in [0, 0.1) is 0 Å². The number of halogens is 1. The zero-order chi connectivity index (χ0) is 20.6. The molecule has 1 fully saturated rings. The fraction of sp³-hybridized carbons (Fsp3) is 0.238. The van der Waals surface area contributed by atoms with Crippen LogP contribution in [0.3, 0.4) is 0 Å². The minimum Gasteiger partial charge on any atom is -0.367 e. The smallest absolute Gasteiger partial charge is 0.254 e. The van der Waals surface area contributed by atoms with Gasteiger partial charge in [0.25, 0.3) is 5.91 Å². The Kier molecular flexibility index (Phi) is 5.19. The minimum absolute atomic E-state index is 0.155. The van der Waals surface area contributed by atoms with E-state index in [-0.39, 0.29) is 10.8 Å². The standard InChI is InChI=1S/C21H20ClN3O3S/c1-29(27,28)17-4-2-3-15(13-17)21(26)25-11-9-24(10-12-25)20-7-8-23-19-6-5-16(22)14-18(19)20/h2-8,13-14H,9-12H2,1H3. The van der Waals surface area contributed by atoms with Crippen molar-refractivity contribution in [2.24, 2.45) is 0 Å². The average Bonchev–Trinajstić information content (AvgIpc) is 2.72. The molecule has 0 bridgehead atoms. The molecule has 1 saturated heterocycles. The maximum Gasteiger partial charge on any atom is 0.254 e. The van der Waals surface area contributed by atoms with Gasteiger partial charge >= 0.3 is 0 Å². The topological polar surface area (TPSA) is 70.6 Å². The molecule has 0 spiro atoms. The van der Waals surface area contributed by atoms with Crippen LogP contribution >= 0.6 is 11.6 Å². The van der Waals surface area contributed by atoms with Crippen molar-refractivity contribution in [1.82, 2.24) is 9.88 Å². The van der Waals surface area contributed by atoms with Gasteiger partial charge in [-0.25, -0.2) is 8.42 Å². The summed E-state index contributed by atoms with van der Waals surface area (Å²) in [6, 6.07) is 13.8. The van der Waals surface area contributed by atoms with E-state index in [0.717, 1.165) is 22.8 Å². The number of carbonyl (C=O) groups is 1. The summed E-state index contributed by atoms with van der Waals surface area (Å²) in [6.07, 6.45) is 2.92. The molecular weight excluding hydrogens is 410 g/mol. The number of sulfone groups is 1. The summed E-state index contributed by atoms with van der Waals surface area (Å²) in [7, 11) is -3.35. The number of benzene rings is 2. The normalized spacial score (nSPS) is 15.0. The van der Waals surface area contributed by atoms with Crippen LogP contribution in [0.4, 0.5) is 5.69 Å². The Hall–Kier alpha value is -2.64. The number of hydrogen-bond donors (Lipinski definition) is 0. The van der Waals surface area contributed by atoms with Gasteiger partial charge in [0, 0.05) is 60.3 Å². The largest absolute Gasteiger partial charge is 0.367 e. The average molecular weight is 430 g/mol. The van der Waals surface area contributed by atoms with Gasteiger partial charge in [-0.05, 0) is 42.5 Å². The zero-order valence-corrected chi connectivity index (χ0v) is 17.4. The van der Waals surface area contributed by atoms with Crippen molar-refractivity contribution in [3.8, 4) is 0 Å². The highest BCUT2D eigenvalue weighted by atomic mass is 35.5. The number of nitrogens with zero attached hydrogens (tertiary/aromatic N) is 3. The van der Waals surface area contributed by atoms with Crippen LogP contribution in [-0.4, -0.2) is 56.6 Å². The first-order valence-electron chi connectivity index (χ1n) is 9.21. The lowest BCUT2D eigenvalue weighted by Crippen LogP contribution is -2.48. The molecule has 2 aromatic carbocycles. The van der Waals surface area contributed by atoms with E-state index in [0.29, 0.717) is 36.8 Å². The van der Waals surface area contributed by atoms with Gasteiger partial charge < -0.3 is 9.80 Å². The van der Waals surface area contributed by atoms with Crippen molar-refractivity contribution in [3.05, 3.63) is 65.3 Å². The SMILES string of the molecule is CS(=O)(=O)c1cccc(C(=O)N2CCN(c3ccnc4ccc(Cl)cc34)CC2)c1. The highest BCUT2D eigenvalue weighted by molar-refractivity contribution is 7.90. The fourth-order valence-electron chi connectivity index (χ4n) is 3.57. The Morgan fingerprint density at radius 2 is 1.79 bits per heavy atom. The first-order chi connectivity index (χ1) is 13.8. The molecule has 0 saturated carbocycles. The lowest BCUT2D eigenvalue weighted by Gasteiger charge is -2.36. The lowest BCUT2D eigenvalue weighted by molar-refractivity contribution is 0.0746. The summed E-state index contributed by atoms with van der Waals surface area (Å²) in [4.78, 5) is 21.4. The number of fused-ring (bicyclic) bond motifs is 1. The van der Waals surface area contributed by atoms with Gasteiger partial charge in [-0.1, -0.05) is 17.7 Å². The Morgan fingerprint density at radius 1 is 1.03 bits per heavy atom. The summed E-state index contributed by atoms with van der Waals surface area (Å²) in [6.45, 7) is 2.44. The molecule has 1 aromatic heterocycles. The molecule has 8 heteroatoms. The highest BCUT2D eigenvalue weighted by Crippen LogP contribution is 2.28. The first kappa shape index (κ1) is 19.7. The van der Waals surface area contributed by atoms with Gasteiger partial charge in [0.1, 0.15) is 0 Å². The van der Waals surface area contributed by atoms with Crippen LogP contribution in [0.15, 0.2) is 59.6 Å². The van der Waals surface area contributed by atoms with E-state index >= 15 is 0 Å². The number of piperazine rings is 1. The maximum atomic E-state index is 12.9. The molecule has 1 amide bonds. The number of anilines is 1. The number of hydrogen-bond acceptors (Lipinski definition) is 5. The van der Waals surface area contributed by atoms with Gasteiger partial charge in [0.2, 0.25) is 0 Å². The van der Waals surface area contributed by atoms with Crippen molar-refractivity contribution in [3.63, 3.8) is 0 Å². The molecule has 0 N–H and O–H groups in total. The maximum absolute atomic E-state index is 12.9. The summed E-state index contributed by atoms with van der Waals surface area (Å²) >= 11 is 6.16. The number of pyridine rings is 1. The molecule has 0 radical (unpaired) electrons. The van der Waals surface area contributed by atoms with E-state index in [9.17, 15) is 13.2 Å². The van der Waals surface area contributed by atoms with Crippen LogP contribution in [0.2, 0.25) is 5.02 Å². The van der Waals surface area contributed by atoms with E-state index in [1.54, 1.807) is 23.2 Å². The summed E-state index contributed by atoms with van der Waals surface area (Å²) < 4.78 is 23.5. The molecule has 0 atom stereocenters. The summed E-state index contributed by atoms with van der Waals surface area (Å²) in [5, 5.41) is 1.65. The van der Waals surface area contributed by atoms with E-state index < -0.39 is 9.84 Å². The van der Waals surface area contributed by atoms with Crippen LogP contribution in [-0.2, 0) is 9.84 Å². The summed E-state index contributed by atoms with van der Waals surface area (Å²) in [5.74, 6) is -0.155. The quantitative estimate of drug-likeness (QED) is 0.639. The van der Waals surface area contributed by atoms with Gasteiger partial charge in [0.05, 0.1) is 10.4 Å². The van der Waals surface area contributed by atoms with Crippen molar-refractivity contribution < 1.29 is 13.2 Å². The molecule has 1 aliphatic rings. The Bertz CT molecular complexity index is 1190. The fourth-order valence-corrected chi connectivity index (χ4v) is 4.41. The second-order valence-corrected chi connectivity index (χ2v) is 9.52. The third-order valence-corrected chi connectivity index (χ3v) is 6.44. The van der Waals surface area contributed by atoms with Crippen molar-refractivity contribution >= 4 is 43.9 Å². The number of rotatable bonds is 3. The minimum atomic E-state index is -3.35. The number of carbonyl (C=O) groups excluding carboxylic acids is 1. The first-order valence-corrected chi connectivity index (χ1v) is 11.5. The van der Waals surface area contributed by atoms with Crippen LogP contribution in [0.25, 0.3) is 10.9 Å². The molecule has 1 aliphatic heterocycles. The molecule has 0 unspecified atom stereocenters. The van der Waals surface area contributed by atoms with Crippen molar-refractivity contribution in [2.45, 2.75) is 4.90 Å². The van der Waals surface area contributed by atoms with Crippen LogP contribution < -0.4 is 4.90 Å². The van der Waals surface area contributed by atoms with E-state index in [1.165, 1.54) is 12.1 Å². The predicted octanol–water partition coefficient (Wildman–Crippen LogP) is 3.25. The van der Waals surface area contributed by atoms with Gasteiger partial charge in [-0.15, -0.1) is 0 Å². The number of amides is 1. The Labute approximate surface area is 174 Å². The van der Waals surface area contributed by atoms with Gasteiger partial charge in [-0.3, -0.25) is 9.78 Å². The molecule has 29 heavy (non-hydrogen) atoms. The van der Waals surface area contributed by atoms with Crippen LogP contribution in [0.5, 0.6) is 0 Å².